The first-order valence-electron chi connectivity index (χ1n) is 10.6. The van der Waals surface area contributed by atoms with Crippen molar-refractivity contribution in [1.82, 2.24) is 4.90 Å². The maximum atomic E-state index is 12.3. The van der Waals surface area contributed by atoms with Crippen LogP contribution in [0, 0.1) is 0 Å². The van der Waals surface area contributed by atoms with Gasteiger partial charge >= 0.3 is 18.2 Å². The smallest absolute Gasteiger partial charge is 0.422 e. The van der Waals surface area contributed by atoms with E-state index < -0.39 is 30.8 Å². The van der Waals surface area contributed by atoms with E-state index in [4.69, 9.17) is 9.84 Å². The quantitative estimate of drug-likeness (QED) is 0.375. The molecule has 0 aliphatic heterocycles. The highest BCUT2D eigenvalue weighted by Crippen LogP contribution is 2.20. The van der Waals surface area contributed by atoms with E-state index in [2.05, 4.69) is 11.7 Å². The lowest BCUT2D eigenvalue weighted by Gasteiger charge is -2.22. The lowest BCUT2D eigenvalue weighted by atomic mass is 10.0. The number of rotatable bonds is 14. The number of hydrogen-bond acceptors (Lipinski definition) is 4. The highest BCUT2D eigenvalue weighted by atomic mass is 19.4. The zero-order chi connectivity index (χ0) is 23.3. The second-order valence-corrected chi connectivity index (χ2v) is 7.40. The predicted octanol–water partition coefficient (Wildman–Crippen LogP) is 5.61. The number of alkyl halides is 3. The average Bonchev–Trinajstić information content (AvgIpc) is 2.72. The van der Waals surface area contributed by atoms with Crippen LogP contribution in [0.5, 0.6) is 5.75 Å². The molecule has 0 heterocycles. The number of unbranched alkanes of at least 4 members (excludes halogenated alkanes) is 4. The molecule has 0 spiro atoms. The summed E-state index contributed by atoms with van der Waals surface area (Å²) in [4.78, 5) is 24.3. The van der Waals surface area contributed by atoms with Gasteiger partial charge in [0.05, 0.1) is 12.5 Å². The van der Waals surface area contributed by atoms with Crippen molar-refractivity contribution in [2.24, 2.45) is 0 Å². The van der Waals surface area contributed by atoms with Gasteiger partial charge in [-0.05, 0) is 37.5 Å². The number of amides is 1. The molecule has 0 aromatic heterocycles. The Labute approximate surface area is 181 Å². The predicted molar refractivity (Wildman–Crippen MR) is 110 cm³/mol. The molecule has 0 bridgehead atoms. The van der Waals surface area contributed by atoms with E-state index in [0.29, 0.717) is 30.7 Å². The van der Waals surface area contributed by atoms with Gasteiger partial charge in [0, 0.05) is 13.1 Å². The third-order valence-electron chi connectivity index (χ3n) is 4.74. The fourth-order valence-electron chi connectivity index (χ4n) is 2.88. The number of carbonyl (C=O) groups excluding carboxylic acids is 1. The largest absolute Gasteiger partial charge is 0.494 e. The molecule has 0 fully saturated rings. The summed E-state index contributed by atoms with van der Waals surface area (Å²) in [5.41, 5.74) is 0.654. The van der Waals surface area contributed by atoms with Gasteiger partial charge in [-0.15, -0.1) is 0 Å². The molecule has 0 aliphatic rings. The molecule has 0 radical (unpaired) electrons. The van der Waals surface area contributed by atoms with E-state index in [0.717, 1.165) is 25.7 Å². The molecule has 1 N–H and O–H groups in total. The van der Waals surface area contributed by atoms with Gasteiger partial charge in [-0.1, -0.05) is 44.7 Å². The number of nitrogens with zero attached hydrogens (tertiary/aromatic N) is 1. The number of ether oxygens (including phenoxy) is 2. The van der Waals surface area contributed by atoms with Gasteiger partial charge in [-0.3, -0.25) is 4.79 Å². The average molecular weight is 447 g/mol. The van der Waals surface area contributed by atoms with E-state index in [-0.39, 0.29) is 13.2 Å². The molecule has 31 heavy (non-hydrogen) atoms. The van der Waals surface area contributed by atoms with Gasteiger partial charge in [-0.2, -0.15) is 13.2 Å². The van der Waals surface area contributed by atoms with Crippen molar-refractivity contribution in [2.45, 2.75) is 64.5 Å². The lowest BCUT2D eigenvalue weighted by Crippen LogP contribution is -2.36. The minimum Gasteiger partial charge on any atom is -0.494 e. The number of hydrogen-bond donors (Lipinski definition) is 1. The molecular weight excluding hydrogens is 415 g/mol. The summed E-state index contributed by atoms with van der Waals surface area (Å²) in [6, 6.07) is 6.67. The lowest BCUT2D eigenvalue weighted by molar-refractivity contribution is -0.162. The van der Waals surface area contributed by atoms with Gasteiger partial charge in [0.2, 0.25) is 0 Å². The van der Waals surface area contributed by atoms with E-state index >= 15 is 0 Å². The third kappa shape index (κ3) is 11.5. The Bertz CT molecular complexity index is 664. The Morgan fingerprint density at radius 1 is 1.03 bits per heavy atom. The Morgan fingerprint density at radius 3 is 2.23 bits per heavy atom. The fourth-order valence-corrected chi connectivity index (χ4v) is 2.88. The fraction of sp³-hybridized carbons (Fsp3) is 0.636. The Hall–Kier alpha value is -2.45. The number of benzene rings is 1. The molecule has 9 heteroatoms. The van der Waals surface area contributed by atoms with Crippen LogP contribution in [-0.2, 0) is 9.53 Å². The maximum Gasteiger partial charge on any atom is 0.422 e. The minimum atomic E-state index is -4.56. The van der Waals surface area contributed by atoms with Gasteiger partial charge in [-0.25, -0.2) is 4.79 Å². The normalized spacial score (nSPS) is 12.3. The first kappa shape index (κ1) is 26.6. The molecule has 1 amide bonds. The number of aliphatic carboxylic acids is 1. The molecule has 0 aliphatic carbocycles. The zero-order valence-corrected chi connectivity index (χ0v) is 18.1. The summed E-state index contributed by atoms with van der Waals surface area (Å²) in [6.45, 7) is 2.89. The van der Waals surface area contributed by atoms with Crippen LogP contribution in [0.4, 0.5) is 18.0 Å². The molecule has 1 unspecified atom stereocenters. The Balaban J connectivity index is 2.48. The summed E-state index contributed by atoms with van der Waals surface area (Å²) >= 11 is 0. The number of halogens is 3. The number of carboxylic acid groups (broad SMARTS) is 1. The first-order chi connectivity index (χ1) is 14.6. The van der Waals surface area contributed by atoms with Crippen molar-refractivity contribution >= 4 is 12.1 Å². The maximum absolute atomic E-state index is 12.3. The van der Waals surface area contributed by atoms with Crippen molar-refractivity contribution in [3.05, 3.63) is 29.8 Å². The topological polar surface area (TPSA) is 76.1 Å². The second-order valence-electron chi connectivity index (χ2n) is 7.40. The van der Waals surface area contributed by atoms with E-state index in [1.807, 2.05) is 0 Å². The van der Waals surface area contributed by atoms with E-state index in [1.165, 1.54) is 4.90 Å². The summed E-state index contributed by atoms with van der Waals surface area (Å²) < 4.78 is 47.0. The van der Waals surface area contributed by atoms with Crippen LogP contribution in [0.3, 0.4) is 0 Å². The molecule has 1 aromatic carbocycles. The first-order valence-corrected chi connectivity index (χ1v) is 10.6. The van der Waals surface area contributed by atoms with Crippen LogP contribution in [0.1, 0.15) is 63.9 Å². The van der Waals surface area contributed by atoms with Crippen molar-refractivity contribution in [2.75, 3.05) is 26.3 Å². The third-order valence-corrected chi connectivity index (χ3v) is 4.74. The summed E-state index contributed by atoms with van der Waals surface area (Å²) in [7, 11) is 0. The summed E-state index contributed by atoms with van der Waals surface area (Å²) in [5.74, 6) is -0.990. The highest BCUT2D eigenvalue weighted by Gasteiger charge is 2.30. The van der Waals surface area contributed by atoms with Crippen LogP contribution in [0.2, 0.25) is 0 Å². The molecular formula is C22H32F3NO5. The number of carbonyl (C=O) groups is 2. The van der Waals surface area contributed by atoms with E-state index in [9.17, 15) is 22.8 Å². The Morgan fingerprint density at radius 2 is 1.65 bits per heavy atom. The molecule has 1 rings (SSSR count). The molecule has 0 saturated heterocycles. The van der Waals surface area contributed by atoms with Crippen LogP contribution in [-0.4, -0.2) is 54.5 Å². The van der Waals surface area contributed by atoms with E-state index in [1.54, 1.807) is 31.2 Å². The second kappa shape index (κ2) is 13.8. The molecule has 6 nitrogen and oxygen atoms in total. The zero-order valence-electron chi connectivity index (χ0n) is 18.1. The SMILES string of the molecule is CCCCCCCN(CCCOc1ccc(C(C)C(=O)O)cc1)C(=O)OCC(F)(F)F. The minimum absolute atomic E-state index is 0.221. The Kier molecular flexibility index (Phi) is 11.8. The van der Waals surface area contributed by atoms with Crippen molar-refractivity contribution in [3.8, 4) is 5.75 Å². The van der Waals surface area contributed by atoms with Gasteiger partial charge < -0.3 is 19.5 Å². The van der Waals surface area contributed by atoms with Crippen molar-refractivity contribution < 1.29 is 37.3 Å². The summed E-state index contributed by atoms with van der Waals surface area (Å²) in [6.07, 6.45) is -0.346. The molecule has 1 atom stereocenters. The van der Waals surface area contributed by atoms with Crippen LogP contribution in [0.15, 0.2) is 24.3 Å². The van der Waals surface area contributed by atoms with Gasteiger partial charge in [0.15, 0.2) is 6.61 Å². The molecule has 0 saturated carbocycles. The molecule has 1 aromatic rings. The number of carboxylic acids is 1. The highest BCUT2D eigenvalue weighted by molar-refractivity contribution is 5.75. The van der Waals surface area contributed by atoms with Crippen molar-refractivity contribution in [3.63, 3.8) is 0 Å². The van der Waals surface area contributed by atoms with Crippen LogP contribution < -0.4 is 4.74 Å². The van der Waals surface area contributed by atoms with Crippen LogP contribution >= 0.6 is 0 Å². The monoisotopic (exact) mass is 447 g/mol. The summed E-state index contributed by atoms with van der Waals surface area (Å²) in [5, 5.41) is 9.03. The van der Waals surface area contributed by atoms with Crippen LogP contribution in [0.25, 0.3) is 0 Å². The van der Waals surface area contributed by atoms with Crippen molar-refractivity contribution in [1.29, 1.82) is 0 Å². The van der Waals surface area contributed by atoms with Gasteiger partial charge in [0.1, 0.15) is 5.75 Å². The standard InChI is InChI=1S/C22H32F3NO5/c1-3-4-5-6-7-13-26(21(29)31-16-22(23,24)25)14-8-15-30-19-11-9-18(10-12-19)17(2)20(27)28/h9-12,17H,3-8,13-16H2,1-2H3,(H,27,28). The van der Waals surface area contributed by atoms with Gasteiger partial charge in [0.25, 0.3) is 0 Å². The molecule has 176 valence electrons.